The van der Waals surface area contributed by atoms with E-state index in [0.29, 0.717) is 22.3 Å². The third-order valence-electron chi connectivity index (χ3n) is 7.55. The quantitative estimate of drug-likeness (QED) is 0.157. The molecule has 224 valence electrons. The number of nitrogens with one attached hydrogen (secondary N) is 2. The lowest BCUT2D eigenvalue weighted by atomic mass is 9.94. The molecule has 0 fully saturated rings. The predicted octanol–water partition coefficient (Wildman–Crippen LogP) is 8.45. The summed E-state index contributed by atoms with van der Waals surface area (Å²) < 4.78 is 5.74. The second-order valence-corrected chi connectivity index (χ2v) is 15.2. The maximum atomic E-state index is 13.3. The maximum Gasteiger partial charge on any atom is 0.341 e. The van der Waals surface area contributed by atoms with Gasteiger partial charge in [-0.2, -0.15) is 0 Å². The molecule has 1 aromatic carbocycles. The van der Waals surface area contributed by atoms with E-state index in [0.717, 1.165) is 71.4 Å². The van der Waals surface area contributed by atoms with E-state index in [1.165, 1.54) is 44.8 Å². The summed E-state index contributed by atoms with van der Waals surface area (Å²) >= 11 is 4.83. The summed E-state index contributed by atoms with van der Waals surface area (Å²) in [7, 11) is 0. The summed E-state index contributed by atoms with van der Waals surface area (Å²) in [5.74, 6) is -0.370. The van der Waals surface area contributed by atoms with Crippen LogP contribution in [0.25, 0.3) is 10.4 Å². The Morgan fingerprint density at radius 2 is 1.56 bits per heavy atom. The molecular weight excluding hydrogens is 597 g/mol. The van der Waals surface area contributed by atoms with Gasteiger partial charge in [0, 0.05) is 44.0 Å². The van der Waals surface area contributed by atoms with E-state index in [1.54, 1.807) is 11.3 Å². The van der Waals surface area contributed by atoms with Crippen LogP contribution in [-0.2, 0) is 37.0 Å². The lowest BCUT2D eigenvalue weighted by Gasteiger charge is -2.21. The Morgan fingerprint density at radius 1 is 0.907 bits per heavy atom. The Balaban J connectivity index is 1.21. The van der Waals surface area contributed by atoms with Crippen LogP contribution in [0.5, 0.6) is 0 Å². The number of fused-ring (bicyclic) bond motifs is 2. The average molecular weight is 633 g/mol. The molecule has 6 rings (SSSR count). The molecule has 2 aliphatic carbocycles. The number of aryl methyl sites for hydroxylation is 2. The van der Waals surface area contributed by atoms with Gasteiger partial charge >= 0.3 is 12.0 Å². The fraction of sp³-hybridized carbons (Fsp3) is 0.394. The molecule has 0 spiro atoms. The van der Waals surface area contributed by atoms with Crippen LogP contribution >= 0.6 is 34.4 Å². The number of hydrogen-bond acceptors (Lipinski definition) is 8. The van der Waals surface area contributed by atoms with Crippen LogP contribution in [0.2, 0.25) is 0 Å². The number of carbonyl (C=O) groups is 2. The van der Waals surface area contributed by atoms with Gasteiger partial charge in [0.05, 0.1) is 5.56 Å². The summed E-state index contributed by atoms with van der Waals surface area (Å²) in [6, 6.07) is 9.78. The molecule has 3 aromatic heterocycles. The van der Waals surface area contributed by atoms with Crippen molar-refractivity contribution in [1.29, 1.82) is 0 Å². The predicted molar refractivity (Wildman–Crippen MR) is 175 cm³/mol. The third-order valence-corrected chi connectivity index (χ3v) is 11.0. The van der Waals surface area contributed by atoms with Gasteiger partial charge in [-0.05, 0) is 113 Å². The van der Waals surface area contributed by atoms with E-state index in [-0.39, 0.29) is 12.0 Å². The second kappa shape index (κ2) is 12.8. The van der Waals surface area contributed by atoms with Gasteiger partial charge in [-0.15, -0.1) is 22.7 Å². The fourth-order valence-electron chi connectivity index (χ4n) is 5.65. The first-order valence-corrected chi connectivity index (χ1v) is 17.3. The number of hydrogen-bond donors (Lipinski definition) is 2. The number of amides is 2. The van der Waals surface area contributed by atoms with E-state index >= 15 is 0 Å². The molecule has 7 nitrogen and oxygen atoms in total. The number of benzene rings is 1. The van der Waals surface area contributed by atoms with E-state index in [9.17, 15) is 9.59 Å². The van der Waals surface area contributed by atoms with E-state index in [2.05, 4.69) is 20.6 Å². The van der Waals surface area contributed by atoms with Gasteiger partial charge < -0.3 is 10.1 Å². The molecule has 0 saturated carbocycles. The molecule has 2 aliphatic rings. The number of rotatable bonds is 7. The van der Waals surface area contributed by atoms with Crippen molar-refractivity contribution in [3.8, 4) is 10.4 Å². The van der Waals surface area contributed by atoms with Gasteiger partial charge in [-0.1, -0.05) is 18.2 Å². The zero-order valence-corrected chi connectivity index (χ0v) is 27.2. The minimum Gasteiger partial charge on any atom is -0.456 e. The Morgan fingerprint density at radius 3 is 2.26 bits per heavy atom. The molecule has 3 heterocycles. The van der Waals surface area contributed by atoms with Gasteiger partial charge in [-0.3, -0.25) is 5.32 Å². The van der Waals surface area contributed by atoms with Crippen molar-refractivity contribution in [2.75, 3.05) is 5.32 Å². The van der Waals surface area contributed by atoms with Crippen LogP contribution in [0.1, 0.15) is 83.3 Å². The number of ether oxygens (including phenoxy) is 1. The van der Waals surface area contributed by atoms with Crippen molar-refractivity contribution in [3.63, 3.8) is 0 Å². The summed E-state index contributed by atoms with van der Waals surface area (Å²) in [5, 5.41) is 7.39. The Kier molecular flexibility index (Phi) is 8.88. The monoisotopic (exact) mass is 632 g/mol. The highest BCUT2D eigenvalue weighted by Crippen LogP contribution is 2.41. The molecule has 10 heteroatoms. The van der Waals surface area contributed by atoms with Crippen molar-refractivity contribution in [2.24, 2.45) is 0 Å². The minimum absolute atomic E-state index is 0.323. The summed E-state index contributed by atoms with van der Waals surface area (Å²) in [6.07, 6.45) is 12.1. The Hall–Kier alpha value is -3.21. The first-order chi connectivity index (χ1) is 20.7. The van der Waals surface area contributed by atoms with Crippen LogP contribution < -0.4 is 10.6 Å². The van der Waals surface area contributed by atoms with Crippen molar-refractivity contribution >= 4 is 51.4 Å². The molecule has 0 bridgehead atoms. The molecule has 0 saturated heterocycles. The third kappa shape index (κ3) is 6.97. The second-order valence-electron chi connectivity index (χ2n) is 11.9. The zero-order valence-electron chi connectivity index (χ0n) is 24.7. The largest absolute Gasteiger partial charge is 0.456 e. The van der Waals surface area contributed by atoms with Gasteiger partial charge in [0.25, 0.3) is 0 Å². The highest BCUT2D eigenvalue weighted by Gasteiger charge is 2.30. The van der Waals surface area contributed by atoms with Gasteiger partial charge in [0.2, 0.25) is 0 Å². The minimum atomic E-state index is -0.614. The number of aromatic nitrogens is 2. The molecule has 2 amide bonds. The molecule has 0 unspecified atom stereocenters. The van der Waals surface area contributed by atoms with Crippen LogP contribution in [0.15, 0.2) is 52.8 Å². The van der Waals surface area contributed by atoms with Crippen molar-refractivity contribution in [3.05, 3.63) is 74.7 Å². The molecule has 4 aromatic rings. The highest BCUT2D eigenvalue weighted by molar-refractivity contribution is 7.99. The smallest absolute Gasteiger partial charge is 0.341 e. The van der Waals surface area contributed by atoms with Crippen LogP contribution in [-0.4, -0.2) is 27.6 Å². The van der Waals surface area contributed by atoms with Crippen LogP contribution in [0, 0.1) is 0 Å². The van der Waals surface area contributed by atoms with Crippen molar-refractivity contribution < 1.29 is 14.3 Å². The zero-order chi connectivity index (χ0) is 30.0. The van der Waals surface area contributed by atoms with Gasteiger partial charge in [0.1, 0.15) is 10.6 Å². The lowest BCUT2D eigenvalue weighted by Crippen LogP contribution is -2.30. The molecule has 2 N–H and O–H groups in total. The first-order valence-electron chi connectivity index (χ1n) is 14.9. The number of thiophene rings is 2. The number of carbonyl (C=O) groups excluding carboxylic acids is 2. The average Bonchev–Trinajstić information content (AvgIpc) is 3.54. The van der Waals surface area contributed by atoms with E-state index in [4.69, 9.17) is 4.74 Å². The number of anilines is 1. The topological polar surface area (TPSA) is 93.2 Å². The molecular formula is C33H36N4O3S3. The highest BCUT2D eigenvalue weighted by atomic mass is 32.2. The number of nitrogens with zero attached hydrogens (tertiary/aromatic N) is 2. The normalized spacial score (nSPS) is 14.5. The van der Waals surface area contributed by atoms with Crippen LogP contribution in [0.3, 0.4) is 0 Å². The Labute approximate surface area is 264 Å². The van der Waals surface area contributed by atoms with Crippen molar-refractivity contribution in [1.82, 2.24) is 15.3 Å². The number of urea groups is 1. The Bertz CT molecular complexity index is 1620. The molecule has 43 heavy (non-hydrogen) atoms. The SMILES string of the molecule is CC(C)(C)OC(=O)c1c(NC(=O)NCc2c(-c3cnc(Sc4ccccc4)nc3)sc3c2CCCC3)sc2c1CCCC2. The standard InChI is InChI=1S/C33H36N4O3S3/c1-33(2,3)40-30(38)27-23-14-8-10-16-26(23)43-29(27)37-31(39)34-19-24-22-13-7-9-15-25(22)42-28(24)20-17-35-32(36-18-20)41-21-11-5-4-6-12-21/h4-6,11-12,17-18H,7-10,13-16,19H2,1-3H3,(H2,34,37,39). The fourth-order valence-corrected chi connectivity index (χ4v) is 9.02. The van der Waals surface area contributed by atoms with Crippen molar-refractivity contribution in [2.45, 2.75) is 94.3 Å². The summed E-state index contributed by atoms with van der Waals surface area (Å²) in [4.78, 5) is 40.6. The van der Waals surface area contributed by atoms with Gasteiger partial charge in [0.15, 0.2) is 5.16 Å². The molecule has 0 atom stereocenters. The number of esters is 1. The van der Waals surface area contributed by atoms with E-state index < -0.39 is 5.60 Å². The maximum absolute atomic E-state index is 13.3. The lowest BCUT2D eigenvalue weighted by molar-refractivity contribution is 0.00699. The first kappa shape index (κ1) is 29.8. The summed E-state index contributed by atoms with van der Waals surface area (Å²) in [5.41, 5.74) is 4.38. The molecule has 0 aliphatic heterocycles. The molecule has 0 radical (unpaired) electrons. The van der Waals surface area contributed by atoms with Gasteiger partial charge in [-0.25, -0.2) is 19.6 Å². The van der Waals surface area contributed by atoms with Crippen LogP contribution in [0.4, 0.5) is 9.80 Å². The van der Waals surface area contributed by atoms with E-state index in [1.807, 2.05) is 63.5 Å². The summed E-state index contributed by atoms with van der Waals surface area (Å²) in [6.45, 7) is 5.98.